The van der Waals surface area contributed by atoms with Crippen LogP contribution >= 0.6 is 12.6 Å². The molecule has 0 N–H and O–H groups in total. The van der Waals surface area contributed by atoms with Crippen molar-refractivity contribution in [1.29, 1.82) is 0 Å². The molecule has 0 saturated heterocycles. The summed E-state index contributed by atoms with van der Waals surface area (Å²) >= 11 is 4.57. The SMILES string of the molecule is C[C@@H](S)C1CCC(CC2CCC2)CC1. The molecule has 2 rings (SSSR count). The maximum Gasteiger partial charge on any atom is 0.00167 e. The minimum Gasteiger partial charge on any atom is -0.176 e. The van der Waals surface area contributed by atoms with E-state index in [4.69, 9.17) is 0 Å². The van der Waals surface area contributed by atoms with Gasteiger partial charge in [0.05, 0.1) is 0 Å². The van der Waals surface area contributed by atoms with Crippen molar-refractivity contribution in [3.05, 3.63) is 0 Å². The Morgan fingerprint density at radius 2 is 1.57 bits per heavy atom. The molecule has 0 aliphatic heterocycles. The van der Waals surface area contributed by atoms with Crippen molar-refractivity contribution >= 4 is 12.6 Å². The second-order valence-corrected chi connectivity index (χ2v) is 6.37. The van der Waals surface area contributed by atoms with Gasteiger partial charge in [-0.1, -0.05) is 39.0 Å². The molecule has 1 heteroatoms. The average molecular weight is 212 g/mol. The molecule has 0 nitrogen and oxygen atoms in total. The predicted molar refractivity (Wildman–Crippen MR) is 65.9 cm³/mol. The highest BCUT2D eigenvalue weighted by molar-refractivity contribution is 7.80. The lowest BCUT2D eigenvalue weighted by atomic mass is 9.72. The van der Waals surface area contributed by atoms with Crippen LogP contribution in [-0.2, 0) is 0 Å². The van der Waals surface area contributed by atoms with Gasteiger partial charge in [-0.05, 0) is 37.0 Å². The summed E-state index contributed by atoms with van der Waals surface area (Å²) in [7, 11) is 0. The Morgan fingerprint density at radius 3 is 2.00 bits per heavy atom. The van der Waals surface area contributed by atoms with Gasteiger partial charge in [0.2, 0.25) is 0 Å². The van der Waals surface area contributed by atoms with Crippen molar-refractivity contribution in [1.82, 2.24) is 0 Å². The van der Waals surface area contributed by atoms with Gasteiger partial charge in [-0.3, -0.25) is 0 Å². The van der Waals surface area contributed by atoms with Crippen molar-refractivity contribution in [3.8, 4) is 0 Å². The summed E-state index contributed by atoms with van der Waals surface area (Å²) in [5.74, 6) is 3.10. The molecule has 0 amide bonds. The molecule has 2 saturated carbocycles. The highest BCUT2D eigenvalue weighted by atomic mass is 32.1. The lowest BCUT2D eigenvalue weighted by molar-refractivity contribution is 0.191. The first-order valence-electron chi connectivity index (χ1n) is 6.43. The van der Waals surface area contributed by atoms with E-state index in [1.807, 2.05) is 0 Å². The largest absolute Gasteiger partial charge is 0.176 e. The second-order valence-electron chi connectivity index (χ2n) is 5.55. The molecule has 0 radical (unpaired) electrons. The summed E-state index contributed by atoms with van der Waals surface area (Å²) in [4.78, 5) is 0. The van der Waals surface area contributed by atoms with Gasteiger partial charge in [-0.15, -0.1) is 0 Å². The summed E-state index contributed by atoms with van der Waals surface area (Å²) in [6.45, 7) is 2.26. The highest BCUT2D eigenvalue weighted by Crippen LogP contribution is 2.39. The molecule has 0 heterocycles. The van der Waals surface area contributed by atoms with Crippen LogP contribution in [0.25, 0.3) is 0 Å². The zero-order chi connectivity index (χ0) is 9.97. The van der Waals surface area contributed by atoms with Crippen molar-refractivity contribution in [2.75, 3.05) is 0 Å². The molecule has 0 spiro atoms. The molecule has 14 heavy (non-hydrogen) atoms. The van der Waals surface area contributed by atoms with E-state index in [0.717, 1.165) is 17.8 Å². The Kier molecular flexibility index (Phi) is 3.81. The van der Waals surface area contributed by atoms with Gasteiger partial charge >= 0.3 is 0 Å². The minimum atomic E-state index is 0.625. The van der Waals surface area contributed by atoms with Gasteiger partial charge in [0.25, 0.3) is 0 Å². The molecule has 0 aromatic rings. The smallest absolute Gasteiger partial charge is 0.00167 e. The number of hydrogen-bond donors (Lipinski definition) is 1. The summed E-state index contributed by atoms with van der Waals surface area (Å²) in [5.41, 5.74) is 0. The topological polar surface area (TPSA) is 0 Å². The monoisotopic (exact) mass is 212 g/mol. The third-order valence-electron chi connectivity index (χ3n) is 4.47. The molecule has 82 valence electrons. The Balaban J connectivity index is 1.67. The Hall–Kier alpha value is 0.350. The van der Waals surface area contributed by atoms with E-state index in [1.54, 1.807) is 6.42 Å². The molecule has 0 aromatic heterocycles. The third-order valence-corrected chi connectivity index (χ3v) is 4.89. The Morgan fingerprint density at radius 1 is 1.00 bits per heavy atom. The molecule has 2 aliphatic rings. The minimum absolute atomic E-state index is 0.625. The Labute approximate surface area is 94.3 Å². The molecule has 0 unspecified atom stereocenters. The fraction of sp³-hybridized carbons (Fsp3) is 1.00. The van der Waals surface area contributed by atoms with E-state index in [-0.39, 0.29) is 0 Å². The quantitative estimate of drug-likeness (QED) is 0.662. The predicted octanol–water partition coefficient (Wildman–Crippen LogP) is 4.30. The van der Waals surface area contributed by atoms with E-state index < -0.39 is 0 Å². The lowest BCUT2D eigenvalue weighted by Crippen LogP contribution is -2.23. The van der Waals surface area contributed by atoms with Crippen LogP contribution in [0.5, 0.6) is 0 Å². The Bertz CT molecular complexity index is 164. The molecule has 2 fully saturated rings. The van der Waals surface area contributed by atoms with Crippen LogP contribution in [0.3, 0.4) is 0 Å². The van der Waals surface area contributed by atoms with Crippen LogP contribution in [0.2, 0.25) is 0 Å². The molecular formula is C13H24S. The van der Waals surface area contributed by atoms with Crippen LogP contribution in [0.15, 0.2) is 0 Å². The molecular weight excluding hydrogens is 188 g/mol. The maximum absolute atomic E-state index is 4.57. The van der Waals surface area contributed by atoms with Crippen LogP contribution in [0.1, 0.15) is 58.3 Å². The highest BCUT2D eigenvalue weighted by Gasteiger charge is 2.27. The van der Waals surface area contributed by atoms with Crippen molar-refractivity contribution in [2.45, 2.75) is 63.5 Å². The average Bonchev–Trinajstić information content (AvgIpc) is 2.12. The van der Waals surface area contributed by atoms with Crippen LogP contribution in [-0.4, -0.2) is 5.25 Å². The number of rotatable bonds is 3. The van der Waals surface area contributed by atoms with E-state index in [1.165, 1.54) is 44.9 Å². The van der Waals surface area contributed by atoms with E-state index >= 15 is 0 Å². The van der Waals surface area contributed by atoms with Crippen LogP contribution in [0.4, 0.5) is 0 Å². The molecule has 0 bridgehead atoms. The fourth-order valence-electron chi connectivity index (χ4n) is 3.11. The van der Waals surface area contributed by atoms with Crippen LogP contribution in [0, 0.1) is 17.8 Å². The zero-order valence-corrected chi connectivity index (χ0v) is 10.3. The molecule has 1 atom stereocenters. The summed E-state index contributed by atoms with van der Waals surface area (Å²) in [5, 5.41) is 0.625. The van der Waals surface area contributed by atoms with Gasteiger partial charge in [0.1, 0.15) is 0 Å². The summed E-state index contributed by atoms with van der Waals surface area (Å²) in [6, 6.07) is 0. The lowest BCUT2D eigenvalue weighted by Gasteiger charge is -2.35. The van der Waals surface area contributed by atoms with E-state index in [0.29, 0.717) is 5.25 Å². The van der Waals surface area contributed by atoms with E-state index in [2.05, 4.69) is 19.6 Å². The first-order chi connectivity index (χ1) is 6.75. The first-order valence-corrected chi connectivity index (χ1v) is 6.95. The van der Waals surface area contributed by atoms with Gasteiger partial charge in [-0.25, -0.2) is 0 Å². The van der Waals surface area contributed by atoms with Crippen LogP contribution < -0.4 is 0 Å². The van der Waals surface area contributed by atoms with Crippen molar-refractivity contribution < 1.29 is 0 Å². The van der Waals surface area contributed by atoms with Gasteiger partial charge in [-0.2, -0.15) is 12.6 Å². The van der Waals surface area contributed by atoms with Gasteiger partial charge in [0.15, 0.2) is 0 Å². The fourth-order valence-corrected chi connectivity index (χ4v) is 3.40. The summed E-state index contributed by atoms with van der Waals surface area (Å²) < 4.78 is 0. The molecule has 2 aliphatic carbocycles. The maximum atomic E-state index is 4.57. The van der Waals surface area contributed by atoms with Crippen molar-refractivity contribution in [2.24, 2.45) is 17.8 Å². The van der Waals surface area contributed by atoms with Crippen molar-refractivity contribution in [3.63, 3.8) is 0 Å². The molecule has 0 aromatic carbocycles. The normalized spacial score (nSPS) is 36.4. The standard InChI is InChI=1S/C13H24S/c1-10(14)13-7-5-12(6-8-13)9-11-3-2-4-11/h10-14H,2-9H2,1H3/t10-,12?,13?/m1/s1. The second kappa shape index (κ2) is 4.92. The van der Waals surface area contributed by atoms with E-state index in [9.17, 15) is 0 Å². The number of hydrogen-bond acceptors (Lipinski definition) is 1. The first kappa shape index (κ1) is 10.9. The number of thiol groups is 1. The zero-order valence-electron chi connectivity index (χ0n) is 9.41. The summed E-state index contributed by atoms with van der Waals surface area (Å²) in [6.07, 6.45) is 12.0. The van der Waals surface area contributed by atoms with Gasteiger partial charge < -0.3 is 0 Å². The third kappa shape index (κ3) is 2.68. The van der Waals surface area contributed by atoms with Gasteiger partial charge in [0, 0.05) is 5.25 Å².